The fourth-order valence-corrected chi connectivity index (χ4v) is 1.81. The Labute approximate surface area is 92.7 Å². The monoisotopic (exact) mass is 227 g/mol. The third kappa shape index (κ3) is 3.89. The molecule has 0 saturated heterocycles. The summed E-state index contributed by atoms with van der Waals surface area (Å²) < 4.78 is 5.10. The van der Waals surface area contributed by atoms with Crippen LogP contribution in [0.3, 0.4) is 0 Å². The zero-order chi connectivity index (χ0) is 11.3. The van der Waals surface area contributed by atoms with Crippen molar-refractivity contribution in [1.82, 2.24) is 4.98 Å². The van der Waals surface area contributed by atoms with E-state index < -0.39 is 5.97 Å². The van der Waals surface area contributed by atoms with Gasteiger partial charge in [0.1, 0.15) is 5.69 Å². The van der Waals surface area contributed by atoms with E-state index in [-0.39, 0.29) is 11.8 Å². The van der Waals surface area contributed by atoms with Crippen molar-refractivity contribution in [3.05, 3.63) is 24.0 Å². The minimum absolute atomic E-state index is 0.0741. The van der Waals surface area contributed by atoms with Crippen molar-refractivity contribution in [3.63, 3.8) is 0 Å². The number of ether oxygens (including phenoxy) is 1. The Morgan fingerprint density at radius 2 is 2.47 bits per heavy atom. The van der Waals surface area contributed by atoms with Gasteiger partial charge in [0, 0.05) is 24.0 Å². The van der Waals surface area contributed by atoms with E-state index >= 15 is 0 Å². The Morgan fingerprint density at radius 1 is 1.73 bits per heavy atom. The molecule has 1 atom stereocenters. The van der Waals surface area contributed by atoms with Crippen LogP contribution in [0.25, 0.3) is 0 Å². The highest BCUT2D eigenvalue weighted by Gasteiger charge is 2.06. The Hall–Kier alpha value is -1.07. The van der Waals surface area contributed by atoms with Crippen LogP contribution in [0.2, 0.25) is 0 Å². The normalized spacial score (nSPS) is 12.4. The maximum Gasteiger partial charge on any atom is 0.354 e. The lowest BCUT2D eigenvalue weighted by molar-refractivity contribution is 0.0690. The molecule has 1 N–H and O–H groups in total. The van der Waals surface area contributed by atoms with Crippen molar-refractivity contribution in [2.45, 2.75) is 17.9 Å². The molecule has 0 aliphatic heterocycles. The number of hydrogen-bond donors (Lipinski definition) is 1. The van der Waals surface area contributed by atoms with Gasteiger partial charge in [0.05, 0.1) is 6.10 Å². The van der Waals surface area contributed by atoms with E-state index in [4.69, 9.17) is 9.84 Å². The lowest BCUT2D eigenvalue weighted by atomic mass is 10.3. The van der Waals surface area contributed by atoms with Crippen molar-refractivity contribution in [2.75, 3.05) is 12.9 Å². The van der Waals surface area contributed by atoms with E-state index in [1.807, 2.05) is 6.92 Å². The van der Waals surface area contributed by atoms with Gasteiger partial charge in [-0.15, -0.1) is 11.8 Å². The molecule has 5 heteroatoms. The van der Waals surface area contributed by atoms with Crippen molar-refractivity contribution in [2.24, 2.45) is 0 Å². The highest BCUT2D eigenvalue weighted by Crippen LogP contribution is 2.19. The zero-order valence-corrected chi connectivity index (χ0v) is 9.45. The van der Waals surface area contributed by atoms with Crippen LogP contribution in [-0.2, 0) is 4.74 Å². The van der Waals surface area contributed by atoms with Crippen molar-refractivity contribution >= 4 is 17.7 Å². The number of aromatic nitrogens is 1. The smallest absolute Gasteiger partial charge is 0.354 e. The molecule has 0 spiro atoms. The van der Waals surface area contributed by atoms with Crippen molar-refractivity contribution in [1.29, 1.82) is 0 Å². The van der Waals surface area contributed by atoms with E-state index in [1.165, 1.54) is 6.20 Å². The average molecular weight is 227 g/mol. The van der Waals surface area contributed by atoms with Crippen LogP contribution < -0.4 is 0 Å². The molecule has 4 nitrogen and oxygen atoms in total. The molecule has 0 aliphatic carbocycles. The number of nitrogens with zero attached hydrogens (tertiary/aromatic N) is 1. The van der Waals surface area contributed by atoms with Gasteiger partial charge < -0.3 is 9.84 Å². The number of hydrogen-bond acceptors (Lipinski definition) is 4. The summed E-state index contributed by atoms with van der Waals surface area (Å²) in [6.45, 7) is 1.96. The number of carboxylic acids is 1. The maximum absolute atomic E-state index is 10.7. The molecular formula is C10H13NO3S. The molecule has 82 valence electrons. The van der Waals surface area contributed by atoms with E-state index in [0.29, 0.717) is 0 Å². The molecule has 1 aromatic rings. The second-order valence-corrected chi connectivity index (χ2v) is 4.13. The molecule has 0 aromatic carbocycles. The first-order chi connectivity index (χ1) is 7.13. The molecule has 1 aromatic heterocycles. The Bertz CT molecular complexity index is 343. The molecule has 0 fully saturated rings. The van der Waals surface area contributed by atoms with E-state index in [0.717, 1.165) is 10.6 Å². The molecule has 0 bridgehead atoms. The van der Waals surface area contributed by atoms with Crippen LogP contribution in [0.1, 0.15) is 17.4 Å². The quantitative estimate of drug-likeness (QED) is 0.778. The van der Waals surface area contributed by atoms with Gasteiger partial charge >= 0.3 is 5.97 Å². The Balaban J connectivity index is 2.62. The fourth-order valence-electron chi connectivity index (χ4n) is 0.900. The summed E-state index contributed by atoms with van der Waals surface area (Å²) in [5, 5.41) is 8.74. The van der Waals surface area contributed by atoms with Gasteiger partial charge in [-0.25, -0.2) is 9.78 Å². The van der Waals surface area contributed by atoms with E-state index in [9.17, 15) is 4.79 Å². The topological polar surface area (TPSA) is 59.4 Å². The molecule has 1 unspecified atom stereocenters. The summed E-state index contributed by atoms with van der Waals surface area (Å²) in [6.07, 6.45) is 1.65. The first-order valence-corrected chi connectivity index (χ1v) is 5.47. The molecule has 15 heavy (non-hydrogen) atoms. The predicted octanol–water partition coefficient (Wildman–Crippen LogP) is 1.91. The van der Waals surface area contributed by atoms with Gasteiger partial charge in [-0.3, -0.25) is 0 Å². The third-order valence-corrected chi connectivity index (χ3v) is 3.06. The highest BCUT2D eigenvalue weighted by atomic mass is 32.2. The van der Waals surface area contributed by atoms with Crippen LogP contribution in [0, 0.1) is 0 Å². The summed E-state index contributed by atoms with van der Waals surface area (Å²) in [5.74, 6) is -0.211. The Kier molecular flexibility index (Phi) is 4.58. The molecule has 1 rings (SSSR count). The lowest BCUT2D eigenvalue weighted by Gasteiger charge is -2.08. The molecular weight excluding hydrogens is 214 g/mol. The number of methoxy groups -OCH3 is 1. The summed E-state index contributed by atoms with van der Waals surface area (Å²) in [4.78, 5) is 15.3. The summed E-state index contributed by atoms with van der Waals surface area (Å²) >= 11 is 1.56. The number of thioether (sulfide) groups is 1. The van der Waals surface area contributed by atoms with Gasteiger partial charge in [0.15, 0.2) is 0 Å². The Morgan fingerprint density at radius 3 is 3.07 bits per heavy atom. The number of pyridine rings is 1. The third-order valence-electron chi connectivity index (χ3n) is 1.84. The van der Waals surface area contributed by atoms with Crippen LogP contribution >= 0.6 is 11.8 Å². The highest BCUT2D eigenvalue weighted by molar-refractivity contribution is 7.99. The molecule has 0 aliphatic rings. The van der Waals surface area contributed by atoms with E-state index in [1.54, 1.807) is 31.0 Å². The lowest BCUT2D eigenvalue weighted by Crippen LogP contribution is -2.07. The average Bonchev–Trinajstić information content (AvgIpc) is 2.26. The van der Waals surface area contributed by atoms with Crippen LogP contribution in [0.15, 0.2) is 23.2 Å². The van der Waals surface area contributed by atoms with Crippen molar-refractivity contribution in [3.8, 4) is 0 Å². The largest absolute Gasteiger partial charge is 0.477 e. The van der Waals surface area contributed by atoms with Crippen LogP contribution in [0.5, 0.6) is 0 Å². The first kappa shape index (κ1) is 12.0. The molecule has 0 radical (unpaired) electrons. The van der Waals surface area contributed by atoms with Gasteiger partial charge in [0.25, 0.3) is 0 Å². The van der Waals surface area contributed by atoms with Crippen molar-refractivity contribution < 1.29 is 14.6 Å². The summed E-state index contributed by atoms with van der Waals surface area (Å²) in [5.41, 5.74) is 0.0741. The first-order valence-electron chi connectivity index (χ1n) is 4.48. The number of carboxylic acid groups (broad SMARTS) is 1. The SMILES string of the molecule is COC(C)CSc1ccnc(C(=O)O)c1. The van der Waals surface area contributed by atoms with E-state index in [2.05, 4.69) is 4.98 Å². The molecule has 1 heterocycles. The zero-order valence-electron chi connectivity index (χ0n) is 8.64. The molecule has 0 amide bonds. The standard InChI is InChI=1S/C10H13NO3S/c1-7(14-2)6-15-8-3-4-11-9(5-8)10(12)13/h3-5,7H,6H2,1-2H3,(H,12,13). The maximum atomic E-state index is 10.7. The van der Waals surface area contributed by atoms with Crippen LogP contribution in [-0.4, -0.2) is 35.0 Å². The second kappa shape index (κ2) is 5.72. The number of rotatable bonds is 5. The summed E-state index contributed by atoms with van der Waals surface area (Å²) in [7, 11) is 1.65. The van der Waals surface area contributed by atoms with Gasteiger partial charge in [-0.1, -0.05) is 0 Å². The minimum Gasteiger partial charge on any atom is -0.477 e. The van der Waals surface area contributed by atoms with Gasteiger partial charge in [-0.2, -0.15) is 0 Å². The minimum atomic E-state index is -1.00. The molecule has 0 saturated carbocycles. The number of carbonyl (C=O) groups is 1. The summed E-state index contributed by atoms with van der Waals surface area (Å²) in [6, 6.07) is 3.36. The number of aromatic carboxylic acids is 1. The predicted molar refractivity (Wildman–Crippen MR) is 58.4 cm³/mol. The van der Waals surface area contributed by atoms with Gasteiger partial charge in [-0.05, 0) is 19.1 Å². The second-order valence-electron chi connectivity index (χ2n) is 3.04. The van der Waals surface area contributed by atoms with Crippen LogP contribution in [0.4, 0.5) is 0 Å². The van der Waals surface area contributed by atoms with Gasteiger partial charge in [0.2, 0.25) is 0 Å². The fraction of sp³-hybridized carbons (Fsp3) is 0.400.